The van der Waals surface area contributed by atoms with Crippen molar-refractivity contribution in [2.24, 2.45) is 5.92 Å². The molecule has 120 valence electrons. The fourth-order valence-electron chi connectivity index (χ4n) is 2.49. The van der Waals surface area contributed by atoms with E-state index in [1.54, 1.807) is 30.5 Å². The van der Waals surface area contributed by atoms with Crippen LogP contribution in [0.15, 0.2) is 41.0 Å². The number of pyridine rings is 1. The summed E-state index contributed by atoms with van der Waals surface area (Å²) in [7, 11) is 0. The molecule has 1 amide bonds. The molecule has 23 heavy (non-hydrogen) atoms. The molecule has 0 saturated carbocycles. The Morgan fingerprint density at radius 3 is 2.78 bits per heavy atom. The lowest BCUT2D eigenvalue weighted by Gasteiger charge is -2.40. The average molecular weight is 415 g/mol. The van der Waals surface area contributed by atoms with Crippen molar-refractivity contribution in [2.45, 2.75) is 0 Å². The van der Waals surface area contributed by atoms with Crippen LogP contribution < -0.4 is 10.2 Å². The molecule has 0 aliphatic carbocycles. The number of nitrogens with zero attached hydrogens (tertiary/aromatic N) is 2. The van der Waals surface area contributed by atoms with Gasteiger partial charge in [0.15, 0.2) is 0 Å². The van der Waals surface area contributed by atoms with Crippen molar-refractivity contribution in [3.8, 4) is 0 Å². The molecule has 1 N–H and O–H groups in total. The van der Waals surface area contributed by atoms with Crippen LogP contribution in [-0.4, -0.2) is 30.5 Å². The third-order valence-corrected chi connectivity index (χ3v) is 4.83. The first-order chi connectivity index (χ1) is 11.0. The van der Waals surface area contributed by atoms with E-state index in [1.165, 1.54) is 0 Å². The first kappa shape index (κ1) is 16.6. The van der Waals surface area contributed by atoms with Gasteiger partial charge < -0.3 is 10.2 Å². The molecular weight excluding hydrogens is 401 g/mol. The average Bonchev–Trinajstić information content (AvgIpc) is 2.47. The summed E-state index contributed by atoms with van der Waals surface area (Å²) < 4.78 is 0.878. The van der Waals surface area contributed by atoms with Crippen LogP contribution in [0.4, 0.5) is 5.82 Å². The van der Waals surface area contributed by atoms with Crippen LogP contribution in [0.3, 0.4) is 0 Å². The molecule has 1 aliphatic rings. The Balaban J connectivity index is 1.51. The van der Waals surface area contributed by atoms with E-state index in [4.69, 9.17) is 23.2 Å². The summed E-state index contributed by atoms with van der Waals surface area (Å²) in [5, 5.41) is 4.00. The molecule has 0 radical (unpaired) electrons. The first-order valence-electron chi connectivity index (χ1n) is 7.13. The number of rotatable bonds is 4. The van der Waals surface area contributed by atoms with Gasteiger partial charge in [-0.15, -0.1) is 0 Å². The maximum Gasteiger partial charge on any atom is 0.252 e. The molecule has 0 spiro atoms. The van der Waals surface area contributed by atoms with Gasteiger partial charge in [-0.25, -0.2) is 4.98 Å². The van der Waals surface area contributed by atoms with Gasteiger partial charge in [0.25, 0.3) is 5.91 Å². The Hall–Kier alpha value is -1.30. The van der Waals surface area contributed by atoms with Gasteiger partial charge in [0.1, 0.15) is 5.82 Å². The Labute approximate surface area is 152 Å². The number of hydrogen-bond acceptors (Lipinski definition) is 3. The Morgan fingerprint density at radius 1 is 1.35 bits per heavy atom. The van der Waals surface area contributed by atoms with Gasteiger partial charge in [-0.3, -0.25) is 4.79 Å². The third-order valence-electron chi connectivity index (χ3n) is 3.71. The molecular formula is C16H14BrCl2N3O. The van der Waals surface area contributed by atoms with Crippen LogP contribution in [0.2, 0.25) is 10.0 Å². The van der Waals surface area contributed by atoms with E-state index in [2.05, 4.69) is 31.1 Å². The Morgan fingerprint density at radius 2 is 2.09 bits per heavy atom. The second kappa shape index (κ2) is 7.07. The number of hydrogen-bond donors (Lipinski definition) is 1. The van der Waals surface area contributed by atoms with Crippen molar-refractivity contribution >= 4 is 50.9 Å². The summed E-state index contributed by atoms with van der Waals surface area (Å²) >= 11 is 15.4. The predicted molar refractivity (Wildman–Crippen MR) is 96.4 cm³/mol. The predicted octanol–water partition coefficient (Wildman–Crippen LogP) is 4.02. The van der Waals surface area contributed by atoms with Gasteiger partial charge in [-0.05, 0) is 34.1 Å². The van der Waals surface area contributed by atoms with E-state index in [9.17, 15) is 4.79 Å². The molecule has 0 atom stereocenters. The van der Waals surface area contributed by atoms with Crippen LogP contribution in [0.5, 0.6) is 0 Å². The molecule has 1 saturated heterocycles. The number of benzene rings is 1. The second-order valence-corrected chi connectivity index (χ2v) is 7.12. The Kier molecular flexibility index (Phi) is 5.09. The summed E-state index contributed by atoms with van der Waals surface area (Å²) in [6, 6.07) is 8.87. The normalized spacial score (nSPS) is 14.5. The number of amides is 1. The molecule has 2 aromatic rings. The minimum Gasteiger partial charge on any atom is -0.355 e. The minimum atomic E-state index is -0.139. The molecule has 0 unspecified atom stereocenters. The van der Waals surface area contributed by atoms with Crippen molar-refractivity contribution in [1.82, 2.24) is 10.3 Å². The van der Waals surface area contributed by atoms with Crippen LogP contribution in [0.1, 0.15) is 10.4 Å². The summed E-state index contributed by atoms with van der Waals surface area (Å²) in [5.41, 5.74) is 0.507. The smallest absolute Gasteiger partial charge is 0.252 e. The molecule has 4 nitrogen and oxygen atoms in total. The lowest BCUT2D eigenvalue weighted by Crippen LogP contribution is -2.52. The van der Waals surface area contributed by atoms with Gasteiger partial charge in [0.2, 0.25) is 0 Å². The monoisotopic (exact) mass is 413 g/mol. The zero-order valence-corrected chi connectivity index (χ0v) is 15.2. The van der Waals surface area contributed by atoms with E-state index in [1.807, 2.05) is 6.07 Å². The Bertz CT molecular complexity index is 735. The molecule has 0 bridgehead atoms. The zero-order valence-electron chi connectivity index (χ0n) is 12.1. The van der Waals surface area contributed by atoms with Crippen molar-refractivity contribution in [3.05, 3.63) is 56.6 Å². The number of halogens is 3. The van der Waals surface area contributed by atoms with Gasteiger partial charge in [-0.2, -0.15) is 0 Å². The fraction of sp³-hybridized carbons (Fsp3) is 0.250. The highest BCUT2D eigenvalue weighted by Gasteiger charge is 2.29. The van der Waals surface area contributed by atoms with Gasteiger partial charge >= 0.3 is 0 Å². The summed E-state index contributed by atoms with van der Waals surface area (Å²) in [6.07, 6.45) is 1.63. The van der Waals surface area contributed by atoms with Crippen molar-refractivity contribution < 1.29 is 4.79 Å². The molecule has 1 fully saturated rings. The van der Waals surface area contributed by atoms with Gasteiger partial charge in [0.05, 0.1) is 20.1 Å². The molecule has 3 rings (SSSR count). The van der Waals surface area contributed by atoms with Crippen molar-refractivity contribution in [2.75, 3.05) is 24.5 Å². The van der Waals surface area contributed by atoms with E-state index in [0.29, 0.717) is 28.1 Å². The first-order valence-corrected chi connectivity index (χ1v) is 8.68. The summed E-state index contributed by atoms with van der Waals surface area (Å²) in [4.78, 5) is 18.6. The van der Waals surface area contributed by atoms with Crippen LogP contribution in [0.25, 0.3) is 0 Å². The highest BCUT2D eigenvalue weighted by Crippen LogP contribution is 2.31. The maximum absolute atomic E-state index is 12.1. The lowest BCUT2D eigenvalue weighted by atomic mass is 10.00. The van der Waals surface area contributed by atoms with E-state index in [0.717, 1.165) is 23.4 Å². The van der Waals surface area contributed by atoms with E-state index < -0.39 is 0 Å². The SMILES string of the molecule is O=C(NCC1CN(c2ncc(Cl)cc2Br)C1)c1ccccc1Cl. The fourth-order valence-corrected chi connectivity index (χ4v) is 3.60. The maximum atomic E-state index is 12.1. The second-order valence-electron chi connectivity index (χ2n) is 5.42. The number of aromatic nitrogens is 1. The summed E-state index contributed by atoms with van der Waals surface area (Å²) in [5.74, 6) is 1.13. The number of anilines is 1. The van der Waals surface area contributed by atoms with Crippen LogP contribution in [-0.2, 0) is 0 Å². The van der Waals surface area contributed by atoms with Gasteiger partial charge in [0, 0.05) is 31.7 Å². The zero-order chi connectivity index (χ0) is 16.4. The number of carbonyl (C=O) groups excluding carboxylic acids is 1. The number of nitrogens with one attached hydrogen (secondary N) is 1. The molecule has 1 aliphatic heterocycles. The molecule has 2 heterocycles. The highest BCUT2D eigenvalue weighted by atomic mass is 79.9. The topological polar surface area (TPSA) is 45.2 Å². The number of carbonyl (C=O) groups is 1. The lowest BCUT2D eigenvalue weighted by molar-refractivity contribution is 0.0944. The summed E-state index contributed by atoms with van der Waals surface area (Å²) in [6.45, 7) is 2.30. The molecule has 1 aromatic heterocycles. The van der Waals surface area contributed by atoms with E-state index >= 15 is 0 Å². The van der Waals surface area contributed by atoms with Crippen molar-refractivity contribution in [1.29, 1.82) is 0 Å². The quantitative estimate of drug-likeness (QED) is 0.821. The molecule has 7 heteroatoms. The highest BCUT2D eigenvalue weighted by molar-refractivity contribution is 9.10. The van der Waals surface area contributed by atoms with Gasteiger partial charge in [-0.1, -0.05) is 35.3 Å². The molecule has 1 aromatic carbocycles. The minimum absolute atomic E-state index is 0.139. The standard InChI is InChI=1S/C16H14BrCl2N3O/c17-13-5-11(18)7-20-15(13)22-8-10(9-22)6-21-16(23)12-3-1-2-4-14(12)19/h1-5,7,10H,6,8-9H2,(H,21,23). The van der Waals surface area contributed by atoms with Crippen molar-refractivity contribution in [3.63, 3.8) is 0 Å². The largest absolute Gasteiger partial charge is 0.355 e. The van der Waals surface area contributed by atoms with Crippen LogP contribution >= 0.6 is 39.1 Å². The van der Waals surface area contributed by atoms with E-state index in [-0.39, 0.29) is 5.91 Å². The van der Waals surface area contributed by atoms with Crippen LogP contribution in [0, 0.1) is 5.92 Å². The third kappa shape index (κ3) is 3.79.